The van der Waals surface area contributed by atoms with Crippen molar-refractivity contribution in [3.63, 3.8) is 0 Å². The van der Waals surface area contributed by atoms with Crippen molar-refractivity contribution >= 4 is 0 Å². The Kier molecular flexibility index (Phi) is 6.98. The highest BCUT2D eigenvalue weighted by Gasteiger charge is 2.97. The molecule has 0 amide bonds. The van der Waals surface area contributed by atoms with E-state index in [0.29, 0.717) is 0 Å². The Labute approximate surface area is 177 Å². The van der Waals surface area contributed by atoms with Gasteiger partial charge in [0.05, 0.1) is 12.7 Å². The Balaban J connectivity index is 3.68. The minimum atomic E-state index is -9.14. The van der Waals surface area contributed by atoms with E-state index in [4.69, 9.17) is 0 Å². The van der Waals surface area contributed by atoms with Crippen molar-refractivity contribution in [2.24, 2.45) is 0 Å². The maximum atomic E-state index is 13.5. The molecule has 1 nitrogen and oxygen atoms in total. The molecule has 0 bridgehead atoms. The molecule has 35 heavy (non-hydrogen) atoms. The molecule has 0 aromatic carbocycles. The zero-order valence-electron chi connectivity index (χ0n) is 15.3. The number of halogens is 21. The fourth-order valence-electron chi connectivity index (χ4n) is 2.19. The molecule has 1 atom stereocenters. The second-order valence-corrected chi connectivity index (χ2v) is 6.96. The standard InChI is InChI=1S/C13H5F21O/c14-4(15,1-3-2-35-3)5(16,17)6(18,19)7(20,21)8(22,23)9(24,25)10(26,27)11(28,29)12(30,31)13(32,33)34/h3H,1-2H2/t3-/m0/s1. The third-order valence-electron chi connectivity index (χ3n) is 4.46. The number of epoxide rings is 1. The van der Waals surface area contributed by atoms with Gasteiger partial charge in [0, 0.05) is 6.42 Å². The summed E-state index contributed by atoms with van der Waals surface area (Å²) < 4.78 is 279. The summed E-state index contributed by atoms with van der Waals surface area (Å²) in [5.74, 6) is -76.5. The predicted molar refractivity (Wildman–Crippen MR) is 64.9 cm³/mol. The zero-order valence-corrected chi connectivity index (χ0v) is 15.3. The van der Waals surface area contributed by atoms with E-state index in [9.17, 15) is 92.2 Å². The number of rotatable bonds is 10. The van der Waals surface area contributed by atoms with Crippen molar-refractivity contribution < 1.29 is 96.9 Å². The van der Waals surface area contributed by atoms with Crippen LogP contribution in [-0.4, -0.2) is 72.2 Å². The molecule has 0 unspecified atom stereocenters. The van der Waals surface area contributed by atoms with E-state index >= 15 is 0 Å². The van der Waals surface area contributed by atoms with E-state index in [-0.39, 0.29) is 0 Å². The summed E-state index contributed by atoms with van der Waals surface area (Å²) in [5.41, 5.74) is 0. The Bertz CT molecular complexity index is 788. The molecule has 0 saturated carbocycles. The van der Waals surface area contributed by atoms with Crippen LogP contribution in [0.4, 0.5) is 92.2 Å². The lowest BCUT2D eigenvalue weighted by molar-refractivity contribution is -0.474. The first-order valence-corrected chi connectivity index (χ1v) is 7.91. The molecule has 0 N–H and O–H groups in total. The minimum Gasteiger partial charge on any atom is -0.373 e. The lowest BCUT2D eigenvalue weighted by Gasteiger charge is -2.44. The lowest BCUT2D eigenvalue weighted by atomic mass is 9.85. The number of alkyl halides is 21. The molecule has 0 aromatic rings. The first-order valence-electron chi connectivity index (χ1n) is 7.91. The molecule has 22 heteroatoms. The summed E-state index contributed by atoms with van der Waals surface area (Å²) in [4.78, 5) is 0. The largest absolute Gasteiger partial charge is 0.460 e. The van der Waals surface area contributed by atoms with Crippen LogP contribution in [0, 0.1) is 0 Å². The lowest BCUT2D eigenvalue weighted by Crippen LogP contribution is -2.76. The van der Waals surface area contributed by atoms with Crippen molar-refractivity contribution in [2.45, 2.75) is 72.0 Å². The van der Waals surface area contributed by atoms with Gasteiger partial charge >= 0.3 is 59.5 Å². The molecule has 1 fully saturated rings. The summed E-state index contributed by atoms with van der Waals surface area (Å²) in [6.07, 6.45) is -12.8. The molecule has 1 heterocycles. The second-order valence-electron chi connectivity index (χ2n) is 6.96. The monoisotopic (exact) mass is 576 g/mol. The number of ether oxygens (including phenoxy) is 1. The first-order chi connectivity index (χ1) is 14.8. The van der Waals surface area contributed by atoms with E-state index in [1.54, 1.807) is 0 Å². The van der Waals surface area contributed by atoms with Gasteiger partial charge in [0.2, 0.25) is 0 Å². The van der Waals surface area contributed by atoms with Crippen LogP contribution in [0.25, 0.3) is 0 Å². The molecule has 0 spiro atoms. The van der Waals surface area contributed by atoms with Gasteiger partial charge in [-0.1, -0.05) is 0 Å². The van der Waals surface area contributed by atoms with Gasteiger partial charge in [0.25, 0.3) is 0 Å². The van der Waals surface area contributed by atoms with Crippen molar-refractivity contribution in [1.29, 1.82) is 0 Å². The van der Waals surface area contributed by atoms with Crippen LogP contribution in [-0.2, 0) is 4.74 Å². The molecule has 1 rings (SSSR count). The van der Waals surface area contributed by atoms with Gasteiger partial charge < -0.3 is 4.74 Å². The maximum Gasteiger partial charge on any atom is 0.460 e. The fourth-order valence-corrected chi connectivity index (χ4v) is 2.19. The summed E-state index contributed by atoms with van der Waals surface area (Å²) in [6.45, 7) is -0.920. The van der Waals surface area contributed by atoms with Crippen molar-refractivity contribution in [2.75, 3.05) is 6.61 Å². The average Bonchev–Trinajstić information content (AvgIpc) is 3.42. The van der Waals surface area contributed by atoms with Crippen LogP contribution in [0.5, 0.6) is 0 Å². The second kappa shape index (κ2) is 7.75. The molecular formula is C13H5F21O. The van der Waals surface area contributed by atoms with Crippen molar-refractivity contribution in [3.05, 3.63) is 0 Å². The van der Waals surface area contributed by atoms with Gasteiger partial charge in [0.1, 0.15) is 0 Å². The highest BCUT2D eigenvalue weighted by Crippen LogP contribution is 2.66. The van der Waals surface area contributed by atoms with E-state index in [0.717, 1.165) is 0 Å². The summed E-state index contributed by atoms with van der Waals surface area (Å²) in [5, 5.41) is 0. The third-order valence-corrected chi connectivity index (χ3v) is 4.46. The van der Waals surface area contributed by atoms with Crippen LogP contribution < -0.4 is 0 Å². The molecule has 1 aliphatic rings. The van der Waals surface area contributed by atoms with E-state index in [1.165, 1.54) is 0 Å². The Morgan fingerprint density at radius 1 is 0.400 bits per heavy atom. The molecule has 0 aliphatic carbocycles. The van der Waals surface area contributed by atoms with Crippen molar-refractivity contribution in [3.8, 4) is 0 Å². The fraction of sp³-hybridized carbons (Fsp3) is 1.00. The Morgan fingerprint density at radius 3 is 0.857 bits per heavy atom. The average molecular weight is 576 g/mol. The normalized spacial score (nSPS) is 20.3. The summed E-state index contributed by atoms with van der Waals surface area (Å²) >= 11 is 0. The summed E-state index contributed by atoms with van der Waals surface area (Å²) in [6, 6.07) is 0. The van der Waals surface area contributed by atoms with E-state index in [1.807, 2.05) is 0 Å². The molecular weight excluding hydrogens is 571 g/mol. The van der Waals surface area contributed by atoms with Crippen LogP contribution in [0.3, 0.4) is 0 Å². The Morgan fingerprint density at radius 2 is 0.629 bits per heavy atom. The molecule has 0 radical (unpaired) electrons. The van der Waals surface area contributed by atoms with Gasteiger partial charge in [-0.3, -0.25) is 0 Å². The first kappa shape index (κ1) is 31.5. The number of hydrogen-bond donors (Lipinski definition) is 0. The molecule has 1 aliphatic heterocycles. The van der Waals surface area contributed by atoms with E-state index in [2.05, 4.69) is 4.74 Å². The van der Waals surface area contributed by atoms with Crippen LogP contribution >= 0.6 is 0 Å². The Hall–Kier alpha value is -1.51. The minimum absolute atomic E-state index is 0.920. The highest BCUT2D eigenvalue weighted by atomic mass is 19.4. The number of hydrogen-bond acceptors (Lipinski definition) is 1. The quantitative estimate of drug-likeness (QED) is 0.201. The molecule has 210 valence electrons. The van der Waals surface area contributed by atoms with Crippen LogP contribution in [0.15, 0.2) is 0 Å². The topological polar surface area (TPSA) is 12.5 Å². The van der Waals surface area contributed by atoms with Crippen LogP contribution in [0.2, 0.25) is 0 Å². The zero-order chi connectivity index (χ0) is 28.7. The van der Waals surface area contributed by atoms with Gasteiger partial charge in [-0.2, -0.15) is 92.2 Å². The van der Waals surface area contributed by atoms with Crippen molar-refractivity contribution in [1.82, 2.24) is 0 Å². The van der Waals surface area contributed by atoms with Gasteiger partial charge in [-0.15, -0.1) is 0 Å². The van der Waals surface area contributed by atoms with Crippen LogP contribution in [0.1, 0.15) is 6.42 Å². The van der Waals surface area contributed by atoms with Gasteiger partial charge in [-0.25, -0.2) is 0 Å². The predicted octanol–water partition coefficient (Wildman–Crippen LogP) is 7.06. The summed E-state index contributed by atoms with van der Waals surface area (Å²) in [7, 11) is 0. The third kappa shape index (κ3) is 3.95. The maximum absolute atomic E-state index is 13.5. The van der Waals surface area contributed by atoms with Gasteiger partial charge in [-0.05, 0) is 0 Å². The SMILES string of the molecule is FC(F)(F)C(F)(F)C(F)(F)C(F)(F)C(F)(F)C(F)(F)C(F)(F)C(F)(F)C(F)(F)C(F)(F)C[C@H]1CO1. The molecule has 0 aromatic heterocycles. The smallest absolute Gasteiger partial charge is 0.373 e. The van der Waals surface area contributed by atoms with E-state index < -0.39 is 78.6 Å². The highest BCUT2D eigenvalue weighted by molar-refractivity contribution is 5.18. The van der Waals surface area contributed by atoms with Gasteiger partial charge in [0.15, 0.2) is 0 Å². The molecule has 1 saturated heterocycles.